The van der Waals surface area contributed by atoms with Crippen LogP contribution in [0.1, 0.15) is 51.9 Å². The van der Waals surface area contributed by atoms with Crippen molar-refractivity contribution in [3.05, 3.63) is 12.7 Å². The highest BCUT2D eigenvalue weighted by molar-refractivity contribution is 5.81. The molecule has 0 rings (SSSR count). The maximum absolute atomic E-state index is 10.8. The lowest BCUT2D eigenvalue weighted by atomic mass is 10.1. The zero-order valence-corrected chi connectivity index (χ0v) is 16.5. The third-order valence-electron chi connectivity index (χ3n) is 3.65. The molecule has 6 nitrogen and oxygen atoms in total. The van der Waals surface area contributed by atoms with Crippen molar-refractivity contribution in [3.8, 4) is 0 Å². The predicted molar refractivity (Wildman–Crippen MR) is 102 cm³/mol. The summed E-state index contributed by atoms with van der Waals surface area (Å²) in [5, 5.41) is 0. The first-order valence-electron chi connectivity index (χ1n) is 9.91. The van der Waals surface area contributed by atoms with Crippen LogP contribution in [0.5, 0.6) is 0 Å². The Morgan fingerprint density at radius 1 is 0.654 bits per heavy atom. The van der Waals surface area contributed by atoms with E-state index in [4.69, 9.17) is 23.7 Å². The van der Waals surface area contributed by atoms with E-state index in [1.807, 2.05) is 0 Å². The molecule has 0 atom stereocenters. The fourth-order valence-electron chi connectivity index (χ4n) is 2.18. The zero-order valence-electron chi connectivity index (χ0n) is 16.5. The lowest BCUT2D eigenvalue weighted by Crippen LogP contribution is -2.14. The second-order valence-corrected chi connectivity index (χ2v) is 5.94. The van der Waals surface area contributed by atoms with Crippen LogP contribution in [0, 0.1) is 0 Å². The van der Waals surface area contributed by atoms with Crippen molar-refractivity contribution in [1.29, 1.82) is 0 Å². The number of hydrogen-bond acceptors (Lipinski definition) is 6. The summed E-state index contributed by atoms with van der Waals surface area (Å²) in [5.41, 5.74) is 0. The third-order valence-corrected chi connectivity index (χ3v) is 3.65. The maximum atomic E-state index is 10.8. The summed E-state index contributed by atoms with van der Waals surface area (Å²) < 4.78 is 26.4. The Kier molecular flexibility index (Phi) is 21.3. The highest BCUT2D eigenvalue weighted by Crippen LogP contribution is 2.06. The number of carbonyl (C=O) groups excluding carboxylic acids is 1. The monoisotopic (exact) mass is 374 g/mol. The van der Waals surface area contributed by atoms with Gasteiger partial charge in [-0.1, -0.05) is 52.0 Å². The van der Waals surface area contributed by atoms with Gasteiger partial charge in [-0.05, 0) is 6.42 Å². The highest BCUT2D eigenvalue weighted by Gasteiger charge is 1.96. The molecule has 0 aromatic carbocycles. The van der Waals surface area contributed by atoms with Crippen molar-refractivity contribution in [1.82, 2.24) is 0 Å². The molecule has 6 heteroatoms. The molecular weight excluding hydrogens is 336 g/mol. The van der Waals surface area contributed by atoms with Crippen molar-refractivity contribution in [3.63, 3.8) is 0 Å². The minimum absolute atomic E-state index is 0.229. The van der Waals surface area contributed by atoms with Gasteiger partial charge in [0, 0.05) is 12.7 Å². The fourth-order valence-corrected chi connectivity index (χ4v) is 2.18. The minimum Gasteiger partial charge on any atom is -0.460 e. The van der Waals surface area contributed by atoms with Crippen LogP contribution in [-0.4, -0.2) is 65.4 Å². The number of esters is 1. The molecule has 0 radical (unpaired) electrons. The largest absolute Gasteiger partial charge is 0.460 e. The highest BCUT2D eigenvalue weighted by atomic mass is 16.6. The van der Waals surface area contributed by atoms with Gasteiger partial charge in [0.25, 0.3) is 0 Å². The van der Waals surface area contributed by atoms with Crippen molar-refractivity contribution >= 4 is 5.97 Å². The van der Waals surface area contributed by atoms with E-state index in [2.05, 4.69) is 13.5 Å². The Balaban J connectivity index is 3.01. The summed E-state index contributed by atoms with van der Waals surface area (Å²) in [7, 11) is 0. The van der Waals surface area contributed by atoms with Crippen LogP contribution in [0.15, 0.2) is 12.7 Å². The van der Waals surface area contributed by atoms with Crippen molar-refractivity contribution in [2.24, 2.45) is 0 Å². The molecule has 26 heavy (non-hydrogen) atoms. The van der Waals surface area contributed by atoms with Crippen LogP contribution in [0.4, 0.5) is 0 Å². The van der Waals surface area contributed by atoms with E-state index >= 15 is 0 Å². The number of unbranched alkanes of at least 4 members (excludes halogenated alkanes) is 6. The summed E-state index contributed by atoms with van der Waals surface area (Å²) in [6.45, 7) is 10.3. The number of hydrogen-bond donors (Lipinski definition) is 0. The molecule has 154 valence electrons. The van der Waals surface area contributed by atoms with Gasteiger partial charge in [0.15, 0.2) is 0 Å². The van der Waals surface area contributed by atoms with Gasteiger partial charge in [-0.3, -0.25) is 0 Å². The second kappa shape index (κ2) is 22.1. The minimum atomic E-state index is -0.437. The molecule has 0 aliphatic carbocycles. The van der Waals surface area contributed by atoms with E-state index in [1.165, 1.54) is 38.5 Å². The van der Waals surface area contributed by atoms with Gasteiger partial charge in [0.2, 0.25) is 0 Å². The van der Waals surface area contributed by atoms with E-state index in [-0.39, 0.29) is 6.61 Å². The Labute approximate surface area is 159 Å². The third kappa shape index (κ3) is 21.1. The summed E-state index contributed by atoms with van der Waals surface area (Å²) in [6.07, 6.45) is 10.2. The fraction of sp³-hybridized carbons (Fsp3) is 0.850. The Bertz CT molecular complexity index is 309. The van der Waals surface area contributed by atoms with Crippen molar-refractivity contribution in [2.75, 3.05) is 59.5 Å². The van der Waals surface area contributed by atoms with Crippen LogP contribution in [-0.2, 0) is 28.5 Å². The molecule has 0 aromatic rings. The Morgan fingerprint density at radius 2 is 1.08 bits per heavy atom. The second-order valence-electron chi connectivity index (χ2n) is 5.94. The van der Waals surface area contributed by atoms with Gasteiger partial charge >= 0.3 is 5.97 Å². The zero-order chi connectivity index (χ0) is 19.1. The molecular formula is C20H38O6. The van der Waals surface area contributed by atoms with Crippen LogP contribution in [0.3, 0.4) is 0 Å². The smallest absolute Gasteiger partial charge is 0.330 e. The normalized spacial score (nSPS) is 10.8. The lowest BCUT2D eigenvalue weighted by molar-refractivity contribution is -0.139. The van der Waals surface area contributed by atoms with Gasteiger partial charge < -0.3 is 23.7 Å². The van der Waals surface area contributed by atoms with Gasteiger partial charge in [-0.25, -0.2) is 4.79 Å². The first kappa shape index (κ1) is 25.1. The number of ether oxygens (including phenoxy) is 5. The summed E-state index contributed by atoms with van der Waals surface area (Å²) in [6, 6.07) is 0. The van der Waals surface area contributed by atoms with Crippen LogP contribution in [0.2, 0.25) is 0 Å². The van der Waals surface area contributed by atoms with E-state index in [0.29, 0.717) is 46.2 Å². The first-order valence-corrected chi connectivity index (χ1v) is 9.91. The molecule has 0 aliphatic rings. The molecule has 0 aliphatic heterocycles. The number of carbonyl (C=O) groups is 1. The summed E-state index contributed by atoms with van der Waals surface area (Å²) >= 11 is 0. The molecule has 0 saturated heterocycles. The average molecular weight is 375 g/mol. The average Bonchev–Trinajstić information content (AvgIpc) is 2.66. The van der Waals surface area contributed by atoms with Crippen molar-refractivity contribution < 1.29 is 28.5 Å². The van der Waals surface area contributed by atoms with Crippen LogP contribution < -0.4 is 0 Å². The standard InChI is InChI=1S/C20H38O6/c1-3-5-6-7-8-9-10-11-22-12-13-23-14-15-24-16-17-25-18-19-26-20(21)4-2/h4H,2-3,5-19H2,1H3. The van der Waals surface area contributed by atoms with E-state index in [1.54, 1.807) is 0 Å². The molecule has 0 heterocycles. The summed E-state index contributed by atoms with van der Waals surface area (Å²) in [5.74, 6) is -0.437. The topological polar surface area (TPSA) is 63.2 Å². The van der Waals surface area contributed by atoms with Gasteiger partial charge in [-0.15, -0.1) is 0 Å². The van der Waals surface area contributed by atoms with Crippen LogP contribution >= 0.6 is 0 Å². The van der Waals surface area contributed by atoms with E-state index in [9.17, 15) is 4.79 Å². The van der Waals surface area contributed by atoms with Gasteiger partial charge in [0.1, 0.15) is 6.61 Å². The Morgan fingerprint density at radius 3 is 1.58 bits per heavy atom. The Hall–Kier alpha value is -0.950. The molecule has 0 bridgehead atoms. The quantitative estimate of drug-likeness (QED) is 0.174. The number of rotatable bonds is 21. The lowest BCUT2D eigenvalue weighted by Gasteiger charge is -2.07. The molecule has 0 fully saturated rings. The predicted octanol–water partition coefficient (Wildman–Crippen LogP) is 3.53. The van der Waals surface area contributed by atoms with Crippen LogP contribution in [0.25, 0.3) is 0 Å². The van der Waals surface area contributed by atoms with Gasteiger partial charge in [0.05, 0.1) is 46.2 Å². The van der Waals surface area contributed by atoms with E-state index < -0.39 is 5.97 Å². The van der Waals surface area contributed by atoms with Crippen molar-refractivity contribution in [2.45, 2.75) is 51.9 Å². The SMILES string of the molecule is C=CC(=O)OCCOCCOCCOCCOCCCCCCCCC. The molecule has 0 N–H and O–H groups in total. The molecule has 0 unspecified atom stereocenters. The van der Waals surface area contributed by atoms with Gasteiger partial charge in [-0.2, -0.15) is 0 Å². The molecule has 0 spiro atoms. The summed E-state index contributed by atoms with van der Waals surface area (Å²) in [4.78, 5) is 10.8. The van der Waals surface area contributed by atoms with E-state index in [0.717, 1.165) is 19.1 Å². The molecule has 0 saturated carbocycles. The molecule has 0 aromatic heterocycles. The first-order chi connectivity index (χ1) is 12.8. The maximum Gasteiger partial charge on any atom is 0.330 e. The molecule has 0 amide bonds.